The van der Waals surface area contributed by atoms with Gasteiger partial charge in [-0.25, -0.2) is 13.6 Å². The van der Waals surface area contributed by atoms with Crippen LogP contribution in [-0.4, -0.2) is 36.6 Å². The molecule has 0 aliphatic carbocycles. The number of pyridine rings is 2. The van der Waals surface area contributed by atoms with Crippen LogP contribution in [0.3, 0.4) is 0 Å². The molecule has 0 spiro atoms. The van der Waals surface area contributed by atoms with Gasteiger partial charge in [-0.15, -0.1) is 0 Å². The van der Waals surface area contributed by atoms with Gasteiger partial charge in [0.15, 0.2) is 0 Å². The Kier molecular flexibility index (Phi) is 3.81. The molecule has 0 aromatic carbocycles. The van der Waals surface area contributed by atoms with Crippen LogP contribution in [0.2, 0.25) is 0 Å². The van der Waals surface area contributed by atoms with Crippen molar-refractivity contribution in [3.05, 3.63) is 40.6 Å². The van der Waals surface area contributed by atoms with Crippen molar-refractivity contribution < 1.29 is 13.2 Å². The minimum Gasteiger partial charge on any atom is -0.350 e. The highest BCUT2D eigenvalue weighted by molar-refractivity contribution is 7.89. The number of carbonyl (C=O) groups excluding carboxylic acids is 1. The van der Waals surface area contributed by atoms with Gasteiger partial charge in [0.2, 0.25) is 10.0 Å². The van der Waals surface area contributed by atoms with Crippen LogP contribution in [0.4, 0.5) is 0 Å². The first-order valence-electron chi connectivity index (χ1n) is 5.63. The van der Waals surface area contributed by atoms with Crippen molar-refractivity contribution in [3.8, 4) is 0 Å². The van der Waals surface area contributed by atoms with Gasteiger partial charge in [0.1, 0.15) is 5.69 Å². The molecule has 8 nitrogen and oxygen atoms in total. The molecule has 0 aliphatic rings. The Balaban J connectivity index is 2.17. The van der Waals surface area contributed by atoms with Crippen molar-refractivity contribution in [2.45, 2.75) is 0 Å². The quantitative estimate of drug-likeness (QED) is 0.661. The summed E-state index contributed by atoms with van der Waals surface area (Å²) in [5, 5.41) is 8.15. The maximum Gasteiger partial charge on any atom is 0.269 e. The molecule has 2 heterocycles. The van der Waals surface area contributed by atoms with E-state index in [2.05, 4.69) is 15.3 Å². The van der Waals surface area contributed by atoms with Crippen LogP contribution >= 0.6 is 0 Å². The number of primary sulfonamides is 1. The monoisotopic (exact) mass is 296 g/mol. The summed E-state index contributed by atoms with van der Waals surface area (Å²) in [6, 6.07) is 3.09. The number of sulfonamides is 1. The fourth-order valence-electron chi connectivity index (χ4n) is 1.60. The van der Waals surface area contributed by atoms with E-state index in [9.17, 15) is 18.0 Å². The largest absolute Gasteiger partial charge is 0.350 e. The SMILES string of the molecule is NS(=O)(=O)CCNC(=O)c1cc2cc[nH]c(=O)c2cn1. The third-order valence-electron chi connectivity index (χ3n) is 2.56. The van der Waals surface area contributed by atoms with Crippen LogP contribution in [0.1, 0.15) is 10.5 Å². The predicted molar refractivity (Wildman–Crippen MR) is 72.7 cm³/mol. The molecule has 2 aromatic heterocycles. The van der Waals surface area contributed by atoms with E-state index in [1.165, 1.54) is 18.5 Å². The first-order chi connectivity index (χ1) is 9.37. The number of H-pyrrole nitrogens is 1. The molecule has 0 saturated heterocycles. The van der Waals surface area contributed by atoms with Gasteiger partial charge in [0, 0.05) is 18.9 Å². The maximum atomic E-state index is 11.8. The summed E-state index contributed by atoms with van der Waals surface area (Å²) >= 11 is 0. The van der Waals surface area contributed by atoms with E-state index in [0.717, 1.165) is 0 Å². The number of fused-ring (bicyclic) bond motifs is 1. The van der Waals surface area contributed by atoms with E-state index >= 15 is 0 Å². The molecule has 0 radical (unpaired) electrons. The summed E-state index contributed by atoms with van der Waals surface area (Å²) < 4.78 is 21.5. The molecule has 0 fully saturated rings. The summed E-state index contributed by atoms with van der Waals surface area (Å²) in [6.45, 7) is -0.104. The lowest BCUT2D eigenvalue weighted by molar-refractivity contribution is 0.0951. The fraction of sp³-hybridized carbons (Fsp3) is 0.182. The number of nitrogens with zero attached hydrogens (tertiary/aromatic N) is 1. The zero-order chi connectivity index (χ0) is 14.8. The molecule has 20 heavy (non-hydrogen) atoms. The number of carbonyl (C=O) groups is 1. The zero-order valence-electron chi connectivity index (χ0n) is 10.3. The highest BCUT2D eigenvalue weighted by atomic mass is 32.2. The van der Waals surface area contributed by atoms with Gasteiger partial charge in [0.25, 0.3) is 11.5 Å². The number of hydrogen-bond acceptors (Lipinski definition) is 5. The second kappa shape index (κ2) is 5.39. The molecule has 0 atom stereocenters. The van der Waals surface area contributed by atoms with Crippen LogP contribution in [-0.2, 0) is 10.0 Å². The fourth-order valence-corrected chi connectivity index (χ4v) is 1.99. The van der Waals surface area contributed by atoms with Gasteiger partial charge in [0.05, 0.1) is 11.1 Å². The van der Waals surface area contributed by atoms with Crippen molar-refractivity contribution >= 4 is 26.7 Å². The molecular weight excluding hydrogens is 284 g/mol. The Bertz CT molecular complexity index is 813. The molecular formula is C11H12N4O4S. The van der Waals surface area contributed by atoms with Gasteiger partial charge in [-0.1, -0.05) is 0 Å². The maximum absolute atomic E-state index is 11.8. The number of rotatable bonds is 4. The zero-order valence-corrected chi connectivity index (χ0v) is 11.1. The van der Waals surface area contributed by atoms with Gasteiger partial charge < -0.3 is 10.3 Å². The topological polar surface area (TPSA) is 135 Å². The van der Waals surface area contributed by atoms with Crippen LogP contribution in [0.25, 0.3) is 10.8 Å². The summed E-state index contributed by atoms with van der Waals surface area (Å²) in [7, 11) is -3.62. The second-order valence-electron chi connectivity index (χ2n) is 4.09. The van der Waals surface area contributed by atoms with Crippen LogP contribution in [0.5, 0.6) is 0 Å². The first-order valence-corrected chi connectivity index (χ1v) is 7.34. The number of nitrogens with two attached hydrogens (primary N) is 1. The average Bonchev–Trinajstić information content (AvgIpc) is 2.37. The average molecular weight is 296 g/mol. The molecule has 106 valence electrons. The van der Waals surface area contributed by atoms with Gasteiger partial charge in [-0.2, -0.15) is 0 Å². The summed E-state index contributed by atoms with van der Waals surface area (Å²) in [4.78, 5) is 29.6. The number of aromatic amines is 1. The standard InChI is InChI=1S/C11H12N4O4S/c12-20(18,19)4-3-14-11(17)9-5-7-1-2-13-10(16)8(7)6-15-9/h1-2,5-6H,3-4H2,(H,13,16)(H,14,17)(H2,12,18,19). The number of hydrogen-bond donors (Lipinski definition) is 3. The lowest BCUT2D eigenvalue weighted by Gasteiger charge is -2.04. The lowest BCUT2D eigenvalue weighted by atomic mass is 10.2. The Hall–Kier alpha value is -2.26. The third kappa shape index (κ3) is 3.39. The van der Waals surface area contributed by atoms with E-state index < -0.39 is 15.9 Å². The van der Waals surface area contributed by atoms with E-state index in [1.807, 2.05) is 0 Å². The molecule has 4 N–H and O–H groups in total. The molecule has 0 aliphatic heterocycles. The number of aromatic nitrogens is 2. The third-order valence-corrected chi connectivity index (χ3v) is 3.34. The number of nitrogens with one attached hydrogen (secondary N) is 2. The summed E-state index contributed by atoms with van der Waals surface area (Å²) in [6.07, 6.45) is 2.76. The smallest absolute Gasteiger partial charge is 0.269 e. The lowest BCUT2D eigenvalue weighted by Crippen LogP contribution is -2.31. The van der Waals surface area contributed by atoms with E-state index in [-0.39, 0.29) is 23.6 Å². The molecule has 0 unspecified atom stereocenters. The Morgan fingerprint density at radius 1 is 1.45 bits per heavy atom. The molecule has 1 amide bonds. The normalized spacial score (nSPS) is 11.4. The van der Waals surface area contributed by atoms with Crippen LogP contribution in [0, 0.1) is 0 Å². The van der Waals surface area contributed by atoms with Crippen LogP contribution < -0.4 is 16.0 Å². The van der Waals surface area contributed by atoms with Gasteiger partial charge in [-0.3, -0.25) is 14.6 Å². The van der Waals surface area contributed by atoms with Crippen molar-refractivity contribution in [2.75, 3.05) is 12.3 Å². The predicted octanol–water partition coefficient (Wildman–Crippen LogP) is -1.06. The Morgan fingerprint density at radius 3 is 2.90 bits per heavy atom. The summed E-state index contributed by atoms with van der Waals surface area (Å²) in [5.41, 5.74) is -0.200. The molecule has 0 bridgehead atoms. The Morgan fingerprint density at radius 2 is 2.20 bits per heavy atom. The van der Waals surface area contributed by atoms with E-state index in [4.69, 9.17) is 5.14 Å². The first kappa shape index (κ1) is 14.2. The number of amides is 1. The van der Waals surface area contributed by atoms with Crippen molar-refractivity contribution in [2.24, 2.45) is 5.14 Å². The van der Waals surface area contributed by atoms with E-state index in [1.54, 1.807) is 6.07 Å². The van der Waals surface area contributed by atoms with Crippen LogP contribution in [0.15, 0.2) is 29.3 Å². The van der Waals surface area contributed by atoms with Crippen molar-refractivity contribution in [1.29, 1.82) is 0 Å². The minimum absolute atomic E-state index is 0.0949. The highest BCUT2D eigenvalue weighted by Gasteiger charge is 2.10. The second-order valence-corrected chi connectivity index (χ2v) is 5.82. The van der Waals surface area contributed by atoms with Gasteiger partial charge in [-0.05, 0) is 17.5 Å². The highest BCUT2D eigenvalue weighted by Crippen LogP contribution is 2.08. The van der Waals surface area contributed by atoms with E-state index in [0.29, 0.717) is 10.8 Å². The Labute approximate surface area is 114 Å². The molecule has 2 aromatic rings. The van der Waals surface area contributed by atoms with Crippen molar-refractivity contribution in [3.63, 3.8) is 0 Å². The molecule has 0 saturated carbocycles. The summed E-state index contributed by atoms with van der Waals surface area (Å²) in [5.74, 6) is -0.887. The van der Waals surface area contributed by atoms with Crippen molar-refractivity contribution in [1.82, 2.24) is 15.3 Å². The molecule has 2 rings (SSSR count). The molecule has 9 heteroatoms. The minimum atomic E-state index is -3.62. The van der Waals surface area contributed by atoms with Gasteiger partial charge >= 0.3 is 0 Å².